The van der Waals surface area contributed by atoms with Gasteiger partial charge in [0.2, 0.25) is 0 Å². The third-order valence-corrected chi connectivity index (χ3v) is 2.77. The average molecular weight is 259 g/mol. The maximum atomic E-state index is 9.39. The lowest BCUT2D eigenvalue weighted by atomic mass is 10.1. The number of aromatic nitrogens is 1. The van der Waals surface area contributed by atoms with Crippen molar-refractivity contribution < 1.29 is 14.9 Å². The molecule has 0 bridgehead atoms. The Labute approximate surface area is 112 Å². The molecule has 2 aromatic rings. The highest BCUT2D eigenvalue weighted by molar-refractivity contribution is 5.37. The van der Waals surface area contributed by atoms with Gasteiger partial charge in [0.05, 0.1) is 18.0 Å². The maximum Gasteiger partial charge on any atom is 0.145 e. The molecule has 1 aromatic heterocycles. The van der Waals surface area contributed by atoms with Gasteiger partial charge in [0, 0.05) is 6.61 Å². The maximum absolute atomic E-state index is 9.39. The summed E-state index contributed by atoms with van der Waals surface area (Å²) in [6.45, 7) is 1.75. The molecule has 0 saturated carbocycles. The first-order chi connectivity index (χ1) is 9.20. The van der Waals surface area contributed by atoms with E-state index in [0.29, 0.717) is 23.6 Å². The first-order valence-corrected chi connectivity index (χ1v) is 6.21. The molecule has 4 nitrogen and oxygen atoms in total. The van der Waals surface area contributed by atoms with Gasteiger partial charge in [-0.2, -0.15) is 0 Å². The van der Waals surface area contributed by atoms with Gasteiger partial charge >= 0.3 is 0 Å². The van der Waals surface area contributed by atoms with Crippen LogP contribution in [0.3, 0.4) is 0 Å². The van der Waals surface area contributed by atoms with E-state index in [1.165, 1.54) is 0 Å². The van der Waals surface area contributed by atoms with E-state index in [2.05, 4.69) is 4.98 Å². The van der Waals surface area contributed by atoms with E-state index in [9.17, 15) is 5.11 Å². The third-order valence-electron chi connectivity index (χ3n) is 2.77. The van der Waals surface area contributed by atoms with Crippen molar-refractivity contribution >= 4 is 0 Å². The van der Waals surface area contributed by atoms with Crippen molar-refractivity contribution in [3.05, 3.63) is 53.9 Å². The van der Waals surface area contributed by atoms with Gasteiger partial charge in [0.1, 0.15) is 11.5 Å². The van der Waals surface area contributed by atoms with Crippen LogP contribution in [0.4, 0.5) is 0 Å². The van der Waals surface area contributed by atoms with Crippen LogP contribution in [-0.2, 0) is 6.42 Å². The number of rotatable bonds is 5. The predicted molar refractivity (Wildman–Crippen MR) is 72.2 cm³/mol. The molecule has 19 heavy (non-hydrogen) atoms. The fourth-order valence-corrected chi connectivity index (χ4v) is 1.76. The molecule has 0 aliphatic carbocycles. The van der Waals surface area contributed by atoms with Crippen molar-refractivity contribution in [3.63, 3.8) is 0 Å². The van der Waals surface area contributed by atoms with Crippen LogP contribution in [0.1, 0.15) is 24.3 Å². The third kappa shape index (κ3) is 3.53. The minimum atomic E-state index is -0.587. The Bertz CT molecular complexity index is 523. The summed E-state index contributed by atoms with van der Waals surface area (Å²) in [7, 11) is 0. The SMILES string of the molecule is C[C@@H](O)c1ccc(Oc2ccccc2CCO)cn1. The summed E-state index contributed by atoms with van der Waals surface area (Å²) in [5.41, 5.74) is 1.56. The Balaban J connectivity index is 2.16. The highest BCUT2D eigenvalue weighted by atomic mass is 16.5. The highest BCUT2D eigenvalue weighted by Gasteiger charge is 2.06. The number of hydrogen-bond acceptors (Lipinski definition) is 4. The molecule has 0 unspecified atom stereocenters. The second-order valence-corrected chi connectivity index (χ2v) is 4.28. The normalized spacial score (nSPS) is 12.2. The molecule has 1 atom stereocenters. The molecule has 0 fully saturated rings. The Morgan fingerprint density at radius 3 is 2.63 bits per heavy atom. The minimum Gasteiger partial charge on any atom is -0.455 e. The Kier molecular flexibility index (Phi) is 4.49. The Hall–Kier alpha value is -1.91. The van der Waals surface area contributed by atoms with Crippen molar-refractivity contribution in [1.82, 2.24) is 4.98 Å². The number of benzene rings is 1. The molecular weight excluding hydrogens is 242 g/mol. The van der Waals surface area contributed by atoms with E-state index in [-0.39, 0.29) is 6.61 Å². The molecule has 2 rings (SSSR count). The van der Waals surface area contributed by atoms with E-state index >= 15 is 0 Å². The topological polar surface area (TPSA) is 62.6 Å². The van der Waals surface area contributed by atoms with Gasteiger partial charge in [0.15, 0.2) is 0 Å². The van der Waals surface area contributed by atoms with Crippen molar-refractivity contribution in [1.29, 1.82) is 0 Å². The molecule has 0 amide bonds. The molecule has 100 valence electrons. The largest absolute Gasteiger partial charge is 0.455 e. The van der Waals surface area contributed by atoms with Gasteiger partial charge in [-0.3, -0.25) is 4.98 Å². The number of nitrogens with zero attached hydrogens (tertiary/aromatic N) is 1. The van der Waals surface area contributed by atoms with Gasteiger partial charge < -0.3 is 14.9 Å². The second-order valence-electron chi connectivity index (χ2n) is 4.28. The number of hydrogen-bond donors (Lipinski definition) is 2. The van der Waals surface area contributed by atoms with Gasteiger partial charge in [-0.15, -0.1) is 0 Å². The zero-order valence-corrected chi connectivity index (χ0v) is 10.8. The lowest BCUT2D eigenvalue weighted by Crippen LogP contribution is -1.97. The van der Waals surface area contributed by atoms with Crippen molar-refractivity contribution in [2.45, 2.75) is 19.4 Å². The summed E-state index contributed by atoms with van der Waals surface area (Å²) in [4.78, 5) is 4.13. The highest BCUT2D eigenvalue weighted by Crippen LogP contribution is 2.25. The second kappa shape index (κ2) is 6.31. The summed E-state index contributed by atoms with van der Waals surface area (Å²) in [5, 5.41) is 18.4. The first-order valence-electron chi connectivity index (χ1n) is 6.21. The quantitative estimate of drug-likeness (QED) is 0.865. The molecule has 0 saturated heterocycles. The summed E-state index contributed by atoms with van der Waals surface area (Å²) in [6.07, 6.45) is 1.54. The van der Waals surface area contributed by atoms with Crippen LogP contribution in [0.15, 0.2) is 42.6 Å². The van der Waals surface area contributed by atoms with Gasteiger partial charge in [-0.05, 0) is 37.1 Å². The van der Waals surface area contributed by atoms with E-state index in [4.69, 9.17) is 9.84 Å². The van der Waals surface area contributed by atoms with Crippen LogP contribution < -0.4 is 4.74 Å². The van der Waals surface area contributed by atoms with Crippen LogP contribution in [0.25, 0.3) is 0 Å². The molecule has 1 heterocycles. The standard InChI is InChI=1S/C15H17NO3/c1-11(18)14-7-6-13(10-16-14)19-15-5-3-2-4-12(15)8-9-17/h2-7,10-11,17-18H,8-9H2,1H3/t11-/m1/s1. The van der Waals surface area contributed by atoms with Gasteiger partial charge in [-0.25, -0.2) is 0 Å². The number of para-hydroxylation sites is 1. The summed E-state index contributed by atoms with van der Waals surface area (Å²) in [5.74, 6) is 1.32. The van der Waals surface area contributed by atoms with Crippen LogP contribution in [0.5, 0.6) is 11.5 Å². The monoisotopic (exact) mass is 259 g/mol. The van der Waals surface area contributed by atoms with Crippen molar-refractivity contribution in [3.8, 4) is 11.5 Å². The minimum absolute atomic E-state index is 0.0829. The Morgan fingerprint density at radius 2 is 2.00 bits per heavy atom. The molecule has 4 heteroatoms. The molecule has 2 N–H and O–H groups in total. The molecule has 0 aliphatic heterocycles. The fourth-order valence-electron chi connectivity index (χ4n) is 1.76. The molecular formula is C15H17NO3. The zero-order chi connectivity index (χ0) is 13.7. The molecule has 0 aliphatic rings. The van der Waals surface area contributed by atoms with E-state index in [1.807, 2.05) is 24.3 Å². The first kappa shape index (κ1) is 13.5. The number of aliphatic hydroxyl groups excluding tert-OH is 2. The van der Waals surface area contributed by atoms with Crippen molar-refractivity contribution in [2.24, 2.45) is 0 Å². The number of ether oxygens (including phenoxy) is 1. The van der Waals surface area contributed by atoms with Crippen molar-refractivity contribution in [2.75, 3.05) is 6.61 Å². The molecule has 0 spiro atoms. The average Bonchev–Trinajstić information content (AvgIpc) is 2.42. The van der Waals surface area contributed by atoms with Crippen LogP contribution in [-0.4, -0.2) is 21.8 Å². The molecule has 1 aromatic carbocycles. The van der Waals surface area contributed by atoms with Crippen LogP contribution in [0.2, 0.25) is 0 Å². The van der Waals surface area contributed by atoms with E-state index in [1.54, 1.807) is 25.3 Å². The molecule has 0 radical (unpaired) electrons. The van der Waals surface area contributed by atoms with Gasteiger partial charge in [-0.1, -0.05) is 18.2 Å². The predicted octanol–water partition coefficient (Wildman–Crippen LogP) is 2.46. The number of aliphatic hydroxyl groups is 2. The summed E-state index contributed by atoms with van der Waals surface area (Å²) in [6, 6.07) is 11.1. The van der Waals surface area contributed by atoms with E-state index < -0.39 is 6.10 Å². The smallest absolute Gasteiger partial charge is 0.145 e. The van der Waals surface area contributed by atoms with Crippen LogP contribution >= 0.6 is 0 Å². The summed E-state index contributed by atoms with van der Waals surface area (Å²) < 4.78 is 5.74. The fraction of sp³-hybridized carbons (Fsp3) is 0.267. The van der Waals surface area contributed by atoms with E-state index in [0.717, 1.165) is 5.56 Å². The Morgan fingerprint density at radius 1 is 1.21 bits per heavy atom. The zero-order valence-electron chi connectivity index (χ0n) is 10.8. The van der Waals surface area contributed by atoms with Crippen LogP contribution in [0, 0.1) is 0 Å². The van der Waals surface area contributed by atoms with Gasteiger partial charge in [0.25, 0.3) is 0 Å². The number of pyridine rings is 1. The lowest BCUT2D eigenvalue weighted by Gasteiger charge is -2.11. The lowest BCUT2D eigenvalue weighted by molar-refractivity contribution is 0.194. The summed E-state index contributed by atoms with van der Waals surface area (Å²) >= 11 is 0.